The molecule has 3 fully saturated rings. The van der Waals surface area contributed by atoms with Crippen LogP contribution >= 0.6 is 0 Å². The van der Waals surface area contributed by atoms with Gasteiger partial charge in [-0.05, 0) is 49.5 Å². The maximum absolute atomic E-state index is 12.7. The first kappa shape index (κ1) is 13.4. The standard InChI is InChI=1S/C15H18FNO3/c16-13-3-1-11(2-4-13)10-19-15(18)20-14-9-17-7-5-12(14)6-8-17/h1-4,12,14H,5-10H2/t14-/m0/s1. The molecule has 0 aromatic heterocycles. The van der Waals surface area contributed by atoms with Crippen molar-refractivity contribution < 1.29 is 18.7 Å². The smallest absolute Gasteiger partial charge is 0.429 e. The summed E-state index contributed by atoms with van der Waals surface area (Å²) in [4.78, 5) is 14.0. The molecule has 108 valence electrons. The van der Waals surface area contributed by atoms with Crippen LogP contribution < -0.4 is 0 Å². The number of hydrogen-bond acceptors (Lipinski definition) is 4. The van der Waals surface area contributed by atoms with Crippen LogP contribution in [0.2, 0.25) is 0 Å². The summed E-state index contributed by atoms with van der Waals surface area (Å²) in [5.41, 5.74) is 0.747. The van der Waals surface area contributed by atoms with E-state index in [9.17, 15) is 9.18 Å². The van der Waals surface area contributed by atoms with Crippen LogP contribution in [0.15, 0.2) is 24.3 Å². The van der Waals surface area contributed by atoms with Gasteiger partial charge in [-0.15, -0.1) is 0 Å². The van der Waals surface area contributed by atoms with Crippen LogP contribution in [0.1, 0.15) is 18.4 Å². The highest BCUT2D eigenvalue weighted by molar-refractivity contribution is 5.60. The summed E-state index contributed by atoms with van der Waals surface area (Å²) < 4.78 is 23.2. The number of fused-ring (bicyclic) bond motifs is 3. The van der Waals surface area contributed by atoms with Crippen molar-refractivity contribution in [3.8, 4) is 0 Å². The number of carbonyl (C=O) groups excluding carboxylic acids is 1. The summed E-state index contributed by atoms with van der Waals surface area (Å²) in [5.74, 6) is 0.168. The molecule has 1 aromatic carbocycles. The van der Waals surface area contributed by atoms with Gasteiger partial charge < -0.3 is 9.47 Å². The first-order valence-corrected chi connectivity index (χ1v) is 7.01. The molecule has 3 aliphatic rings. The van der Waals surface area contributed by atoms with E-state index in [0.717, 1.165) is 38.0 Å². The molecule has 0 radical (unpaired) electrons. The fourth-order valence-corrected chi connectivity index (χ4v) is 2.92. The fraction of sp³-hybridized carbons (Fsp3) is 0.533. The molecule has 5 heteroatoms. The lowest BCUT2D eigenvalue weighted by Crippen LogP contribution is -2.51. The number of ether oxygens (including phenoxy) is 2. The Hall–Kier alpha value is -1.62. The average molecular weight is 279 g/mol. The Morgan fingerprint density at radius 2 is 1.95 bits per heavy atom. The van der Waals surface area contributed by atoms with E-state index in [2.05, 4.69) is 4.90 Å². The molecule has 0 aliphatic carbocycles. The Morgan fingerprint density at radius 1 is 1.25 bits per heavy atom. The second-order valence-electron chi connectivity index (χ2n) is 5.46. The van der Waals surface area contributed by atoms with Crippen molar-refractivity contribution in [2.45, 2.75) is 25.6 Å². The lowest BCUT2D eigenvalue weighted by Gasteiger charge is -2.43. The van der Waals surface area contributed by atoms with Gasteiger partial charge in [0.25, 0.3) is 0 Å². The van der Waals surface area contributed by atoms with E-state index >= 15 is 0 Å². The molecule has 0 unspecified atom stereocenters. The van der Waals surface area contributed by atoms with E-state index in [1.807, 2.05) is 0 Å². The zero-order chi connectivity index (χ0) is 13.9. The molecule has 3 heterocycles. The predicted molar refractivity (Wildman–Crippen MR) is 70.6 cm³/mol. The van der Waals surface area contributed by atoms with Gasteiger partial charge in [0.05, 0.1) is 0 Å². The van der Waals surface area contributed by atoms with Crippen LogP contribution in [0.4, 0.5) is 9.18 Å². The molecular weight excluding hydrogens is 261 g/mol. The van der Waals surface area contributed by atoms with E-state index in [0.29, 0.717) is 5.92 Å². The summed E-state index contributed by atoms with van der Waals surface area (Å²) in [6, 6.07) is 5.88. The van der Waals surface area contributed by atoms with Crippen LogP contribution in [0.3, 0.4) is 0 Å². The number of halogens is 1. The summed E-state index contributed by atoms with van der Waals surface area (Å²) in [5, 5.41) is 0. The molecule has 0 N–H and O–H groups in total. The van der Waals surface area contributed by atoms with Crippen molar-refractivity contribution in [1.82, 2.24) is 4.90 Å². The van der Waals surface area contributed by atoms with E-state index < -0.39 is 6.16 Å². The highest BCUT2D eigenvalue weighted by atomic mass is 19.1. The van der Waals surface area contributed by atoms with Gasteiger partial charge in [0, 0.05) is 6.54 Å². The first-order chi connectivity index (χ1) is 9.70. The molecular formula is C15H18FNO3. The minimum atomic E-state index is -0.631. The molecule has 0 saturated carbocycles. The third kappa shape index (κ3) is 3.10. The number of benzene rings is 1. The number of rotatable bonds is 3. The largest absolute Gasteiger partial charge is 0.508 e. The molecule has 4 rings (SSSR count). The van der Waals surface area contributed by atoms with E-state index in [-0.39, 0.29) is 18.5 Å². The Morgan fingerprint density at radius 3 is 2.55 bits per heavy atom. The van der Waals surface area contributed by atoms with Crippen molar-refractivity contribution in [3.05, 3.63) is 35.6 Å². The van der Waals surface area contributed by atoms with Gasteiger partial charge in [-0.25, -0.2) is 9.18 Å². The number of carbonyl (C=O) groups is 1. The van der Waals surface area contributed by atoms with Gasteiger partial charge in [0.1, 0.15) is 18.5 Å². The molecule has 1 atom stereocenters. The summed E-state index contributed by atoms with van der Waals surface area (Å²) in [7, 11) is 0. The molecule has 3 aliphatic heterocycles. The minimum Gasteiger partial charge on any atom is -0.429 e. The molecule has 1 aromatic rings. The monoisotopic (exact) mass is 279 g/mol. The van der Waals surface area contributed by atoms with Crippen molar-refractivity contribution in [2.24, 2.45) is 5.92 Å². The first-order valence-electron chi connectivity index (χ1n) is 7.01. The summed E-state index contributed by atoms with van der Waals surface area (Å²) in [6.07, 6.45) is 1.51. The Balaban J connectivity index is 1.46. The van der Waals surface area contributed by atoms with Gasteiger partial charge in [-0.2, -0.15) is 0 Å². The number of nitrogens with zero attached hydrogens (tertiary/aromatic N) is 1. The Kier molecular flexibility index (Phi) is 3.87. The minimum absolute atomic E-state index is 0.0433. The molecule has 4 nitrogen and oxygen atoms in total. The molecule has 20 heavy (non-hydrogen) atoms. The maximum Gasteiger partial charge on any atom is 0.508 e. The number of piperidine rings is 3. The molecule has 2 bridgehead atoms. The molecule has 0 amide bonds. The average Bonchev–Trinajstić information content (AvgIpc) is 2.48. The lowest BCUT2D eigenvalue weighted by atomic mass is 9.86. The Labute approximate surface area is 117 Å². The van der Waals surface area contributed by atoms with Crippen LogP contribution in [-0.4, -0.2) is 36.8 Å². The predicted octanol–water partition coefficient (Wildman–Crippen LogP) is 2.57. The van der Waals surface area contributed by atoms with Gasteiger partial charge in [-0.3, -0.25) is 4.90 Å². The van der Waals surface area contributed by atoms with E-state index in [4.69, 9.17) is 9.47 Å². The quantitative estimate of drug-likeness (QED) is 0.797. The topological polar surface area (TPSA) is 38.8 Å². The second kappa shape index (κ2) is 5.79. The highest BCUT2D eigenvalue weighted by Gasteiger charge is 2.36. The van der Waals surface area contributed by atoms with Crippen LogP contribution in [-0.2, 0) is 16.1 Å². The van der Waals surface area contributed by atoms with Crippen molar-refractivity contribution in [1.29, 1.82) is 0 Å². The van der Waals surface area contributed by atoms with Gasteiger partial charge in [-0.1, -0.05) is 12.1 Å². The van der Waals surface area contributed by atoms with Gasteiger partial charge >= 0.3 is 6.16 Å². The normalized spacial score (nSPS) is 28.1. The van der Waals surface area contributed by atoms with E-state index in [1.165, 1.54) is 12.1 Å². The van der Waals surface area contributed by atoms with Crippen molar-refractivity contribution >= 4 is 6.16 Å². The van der Waals surface area contributed by atoms with E-state index in [1.54, 1.807) is 12.1 Å². The fourth-order valence-electron chi connectivity index (χ4n) is 2.92. The Bertz CT molecular complexity index is 469. The second-order valence-corrected chi connectivity index (χ2v) is 5.46. The maximum atomic E-state index is 12.7. The summed E-state index contributed by atoms with van der Waals surface area (Å²) in [6.45, 7) is 3.14. The van der Waals surface area contributed by atoms with Crippen LogP contribution in [0.25, 0.3) is 0 Å². The van der Waals surface area contributed by atoms with Gasteiger partial charge in [0.2, 0.25) is 0 Å². The van der Waals surface area contributed by atoms with Crippen molar-refractivity contribution in [2.75, 3.05) is 19.6 Å². The lowest BCUT2D eigenvalue weighted by molar-refractivity contribution is -0.0599. The molecule has 0 spiro atoms. The van der Waals surface area contributed by atoms with Crippen LogP contribution in [0.5, 0.6) is 0 Å². The van der Waals surface area contributed by atoms with Gasteiger partial charge in [0.15, 0.2) is 0 Å². The SMILES string of the molecule is O=C(OCc1ccc(F)cc1)O[C@H]1CN2CCC1CC2. The third-order valence-electron chi connectivity index (χ3n) is 4.11. The molecule has 3 saturated heterocycles. The zero-order valence-electron chi connectivity index (χ0n) is 11.3. The summed E-state index contributed by atoms with van der Waals surface area (Å²) >= 11 is 0. The third-order valence-corrected chi connectivity index (χ3v) is 4.11. The zero-order valence-corrected chi connectivity index (χ0v) is 11.3. The highest BCUT2D eigenvalue weighted by Crippen LogP contribution is 2.29. The van der Waals surface area contributed by atoms with Crippen LogP contribution in [0, 0.1) is 11.7 Å². The number of hydrogen-bond donors (Lipinski definition) is 0. The van der Waals surface area contributed by atoms with Crippen molar-refractivity contribution in [3.63, 3.8) is 0 Å².